The Morgan fingerprint density at radius 2 is 2.05 bits per heavy atom. The highest BCUT2D eigenvalue weighted by Crippen LogP contribution is 2.19. The van der Waals surface area contributed by atoms with Crippen LogP contribution >= 0.6 is 0 Å². The predicted molar refractivity (Wildman–Crippen MR) is 83.4 cm³/mol. The predicted octanol–water partition coefficient (Wildman–Crippen LogP) is 2.46. The van der Waals surface area contributed by atoms with Gasteiger partial charge in [-0.05, 0) is 25.1 Å². The molecule has 0 radical (unpaired) electrons. The van der Waals surface area contributed by atoms with Crippen LogP contribution in [0.25, 0.3) is 17.0 Å². The van der Waals surface area contributed by atoms with Gasteiger partial charge in [-0.2, -0.15) is 5.10 Å². The second-order valence-corrected chi connectivity index (χ2v) is 5.15. The van der Waals surface area contributed by atoms with Crippen LogP contribution in [0.2, 0.25) is 0 Å². The molecule has 0 unspecified atom stereocenters. The smallest absolute Gasteiger partial charge is 0.159 e. The topological polar surface area (TPSA) is 52.9 Å². The molecule has 0 saturated carbocycles. The van der Waals surface area contributed by atoms with Crippen molar-refractivity contribution in [3.05, 3.63) is 61.1 Å². The minimum absolute atomic E-state index is 0.694. The van der Waals surface area contributed by atoms with Crippen LogP contribution in [0.1, 0.15) is 12.6 Å². The van der Waals surface area contributed by atoms with Crippen LogP contribution in [0.3, 0.4) is 0 Å². The van der Waals surface area contributed by atoms with Gasteiger partial charge in [0, 0.05) is 25.1 Å². The van der Waals surface area contributed by atoms with Crippen LogP contribution in [0, 0.1) is 0 Å². The van der Waals surface area contributed by atoms with Gasteiger partial charge in [0.25, 0.3) is 0 Å². The van der Waals surface area contributed by atoms with E-state index in [4.69, 9.17) is 0 Å². The van der Waals surface area contributed by atoms with Gasteiger partial charge >= 0.3 is 0 Å². The van der Waals surface area contributed by atoms with Gasteiger partial charge in [0.2, 0.25) is 0 Å². The number of aryl methyl sites for hydroxylation is 1. The van der Waals surface area contributed by atoms with Crippen LogP contribution in [-0.2, 0) is 13.1 Å². The van der Waals surface area contributed by atoms with Crippen LogP contribution in [0.4, 0.5) is 0 Å². The van der Waals surface area contributed by atoms with Crippen molar-refractivity contribution in [1.29, 1.82) is 0 Å². The standard InChI is InChI=1S/C16H16N6/c1-2-20-10-13(18-12-20)11-21-9-8-17-16(21)15-5-3-4-14-6-7-19-22(14)15/h3-10,12H,2,11H2,1H3. The van der Waals surface area contributed by atoms with Crippen molar-refractivity contribution in [2.45, 2.75) is 20.0 Å². The Balaban J connectivity index is 1.75. The molecule has 0 bridgehead atoms. The largest absolute Gasteiger partial charge is 0.337 e. The minimum atomic E-state index is 0.694. The first kappa shape index (κ1) is 12.8. The van der Waals surface area contributed by atoms with Gasteiger partial charge in [-0.1, -0.05) is 6.07 Å². The quantitative estimate of drug-likeness (QED) is 0.580. The molecule has 6 nitrogen and oxygen atoms in total. The molecule has 0 aromatic carbocycles. The molecular weight excluding hydrogens is 276 g/mol. The number of imidazole rings is 2. The van der Waals surface area contributed by atoms with E-state index in [1.54, 1.807) is 6.20 Å². The summed E-state index contributed by atoms with van der Waals surface area (Å²) in [7, 11) is 0. The molecule has 0 spiro atoms. The van der Waals surface area contributed by atoms with Crippen molar-refractivity contribution in [3.63, 3.8) is 0 Å². The lowest BCUT2D eigenvalue weighted by Gasteiger charge is -2.08. The molecule has 4 aromatic heterocycles. The molecule has 4 aromatic rings. The summed E-state index contributed by atoms with van der Waals surface area (Å²) in [6, 6.07) is 8.08. The lowest BCUT2D eigenvalue weighted by Crippen LogP contribution is -2.04. The van der Waals surface area contributed by atoms with Gasteiger partial charge in [-0.15, -0.1) is 0 Å². The van der Waals surface area contributed by atoms with E-state index in [0.29, 0.717) is 6.54 Å². The summed E-state index contributed by atoms with van der Waals surface area (Å²) in [5, 5.41) is 4.38. The Kier molecular flexibility index (Phi) is 3.00. The van der Waals surface area contributed by atoms with Crippen molar-refractivity contribution < 1.29 is 0 Å². The molecule has 0 saturated heterocycles. The number of fused-ring (bicyclic) bond motifs is 1. The van der Waals surface area contributed by atoms with Crippen LogP contribution < -0.4 is 0 Å². The molecule has 0 aliphatic rings. The van der Waals surface area contributed by atoms with Gasteiger partial charge < -0.3 is 9.13 Å². The van der Waals surface area contributed by atoms with Crippen molar-refractivity contribution in [2.24, 2.45) is 0 Å². The molecule has 4 rings (SSSR count). The number of rotatable bonds is 4. The van der Waals surface area contributed by atoms with Crippen molar-refractivity contribution in [1.82, 2.24) is 28.7 Å². The van der Waals surface area contributed by atoms with Crippen molar-refractivity contribution >= 4 is 5.52 Å². The van der Waals surface area contributed by atoms with Crippen LogP contribution in [0.5, 0.6) is 0 Å². The maximum atomic E-state index is 4.51. The van der Waals surface area contributed by atoms with Gasteiger partial charge in [0.1, 0.15) is 5.69 Å². The Labute approximate surface area is 127 Å². The van der Waals surface area contributed by atoms with Gasteiger partial charge in [-0.3, -0.25) is 0 Å². The summed E-state index contributed by atoms with van der Waals surface area (Å²) in [4.78, 5) is 8.95. The zero-order valence-electron chi connectivity index (χ0n) is 12.3. The molecule has 0 N–H and O–H groups in total. The molecule has 4 heterocycles. The Morgan fingerprint density at radius 3 is 2.91 bits per heavy atom. The average Bonchev–Trinajstić information content (AvgIpc) is 3.27. The summed E-state index contributed by atoms with van der Waals surface area (Å²) in [5.41, 5.74) is 3.05. The molecule has 0 aliphatic carbocycles. The fourth-order valence-electron chi connectivity index (χ4n) is 2.62. The summed E-state index contributed by atoms with van der Waals surface area (Å²) < 4.78 is 6.07. The molecular formula is C16H16N6. The van der Waals surface area contributed by atoms with Gasteiger partial charge in [0.15, 0.2) is 5.82 Å². The molecule has 0 fully saturated rings. The number of pyridine rings is 1. The average molecular weight is 292 g/mol. The van der Waals surface area contributed by atoms with Gasteiger partial charge in [0.05, 0.1) is 30.3 Å². The third-order valence-electron chi connectivity index (χ3n) is 3.75. The molecule has 6 heteroatoms. The van der Waals surface area contributed by atoms with E-state index < -0.39 is 0 Å². The maximum Gasteiger partial charge on any atom is 0.159 e. The Bertz CT molecular complexity index is 913. The van der Waals surface area contributed by atoms with Crippen molar-refractivity contribution in [2.75, 3.05) is 0 Å². The van der Waals surface area contributed by atoms with E-state index in [1.807, 2.05) is 47.5 Å². The Morgan fingerprint density at radius 1 is 1.09 bits per heavy atom. The third kappa shape index (κ3) is 2.09. The summed E-state index contributed by atoms with van der Waals surface area (Å²) >= 11 is 0. The lowest BCUT2D eigenvalue weighted by atomic mass is 10.3. The van der Waals surface area contributed by atoms with E-state index >= 15 is 0 Å². The molecule has 22 heavy (non-hydrogen) atoms. The first-order valence-corrected chi connectivity index (χ1v) is 7.30. The normalized spacial score (nSPS) is 11.3. The van der Waals surface area contributed by atoms with Gasteiger partial charge in [-0.25, -0.2) is 14.5 Å². The number of aromatic nitrogens is 6. The SMILES string of the molecule is CCn1cnc(Cn2ccnc2-c2cccc3ccnn23)c1. The molecule has 0 atom stereocenters. The zero-order valence-corrected chi connectivity index (χ0v) is 12.3. The number of hydrogen-bond donors (Lipinski definition) is 0. The number of nitrogens with zero attached hydrogens (tertiary/aromatic N) is 6. The second-order valence-electron chi connectivity index (χ2n) is 5.15. The maximum absolute atomic E-state index is 4.51. The Hall–Kier alpha value is -2.89. The van der Waals surface area contributed by atoms with E-state index in [9.17, 15) is 0 Å². The van der Waals surface area contributed by atoms with E-state index in [-0.39, 0.29) is 0 Å². The van der Waals surface area contributed by atoms with Crippen molar-refractivity contribution in [3.8, 4) is 11.5 Å². The fraction of sp³-hybridized carbons (Fsp3) is 0.188. The summed E-state index contributed by atoms with van der Waals surface area (Å²) in [6.45, 7) is 3.73. The monoisotopic (exact) mass is 292 g/mol. The minimum Gasteiger partial charge on any atom is -0.337 e. The summed E-state index contributed by atoms with van der Waals surface area (Å²) in [5.74, 6) is 0.889. The zero-order chi connectivity index (χ0) is 14.9. The molecule has 110 valence electrons. The number of hydrogen-bond acceptors (Lipinski definition) is 3. The lowest BCUT2D eigenvalue weighted by molar-refractivity contribution is 0.753. The third-order valence-corrected chi connectivity index (χ3v) is 3.75. The van der Waals surface area contributed by atoms with E-state index in [1.165, 1.54) is 0 Å². The second kappa shape index (κ2) is 5.14. The summed E-state index contributed by atoms with van der Waals surface area (Å²) in [6.07, 6.45) is 9.52. The first-order valence-electron chi connectivity index (χ1n) is 7.30. The molecule has 0 aliphatic heterocycles. The fourth-order valence-corrected chi connectivity index (χ4v) is 2.62. The molecule has 0 amide bonds. The van der Waals surface area contributed by atoms with E-state index in [0.717, 1.165) is 29.3 Å². The highest BCUT2D eigenvalue weighted by molar-refractivity contribution is 5.58. The van der Waals surface area contributed by atoms with Crippen LogP contribution in [0.15, 0.2) is 55.4 Å². The van der Waals surface area contributed by atoms with E-state index in [2.05, 4.69) is 37.3 Å². The van der Waals surface area contributed by atoms with Crippen LogP contribution in [-0.4, -0.2) is 28.7 Å². The first-order chi connectivity index (χ1) is 10.8. The highest BCUT2D eigenvalue weighted by Gasteiger charge is 2.11. The highest BCUT2D eigenvalue weighted by atomic mass is 15.2.